The number of nitrogens with zero attached hydrogens (tertiary/aromatic N) is 4. The van der Waals surface area contributed by atoms with E-state index < -0.39 is 0 Å². The van der Waals surface area contributed by atoms with Crippen LogP contribution in [0, 0.1) is 12.7 Å². The van der Waals surface area contributed by atoms with Crippen molar-refractivity contribution in [3.05, 3.63) is 117 Å². The molecule has 2 aliphatic heterocycles. The third-order valence-corrected chi connectivity index (χ3v) is 11.8. The number of carbonyl (C=O) groups excluding carboxylic acids is 1. The number of imidazole rings is 1. The molecule has 0 saturated carbocycles. The van der Waals surface area contributed by atoms with Gasteiger partial charge in [0.15, 0.2) is 11.5 Å². The summed E-state index contributed by atoms with van der Waals surface area (Å²) in [4.78, 5) is 23.6. The van der Waals surface area contributed by atoms with E-state index in [4.69, 9.17) is 37.7 Å². The molecule has 54 heavy (non-hydrogen) atoms. The van der Waals surface area contributed by atoms with E-state index >= 15 is 0 Å². The first-order chi connectivity index (χ1) is 25.7. The minimum absolute atomic E-state index is 0. The molecule has 12 heteroatoms. The number of hydrogen-bond acceptors (Lipinski definition) is 6. The summed E-state index contributed by atoms with van der Waals surface area (Å²) in [6.07, 6.45) is 4.65. The normalized spacial score (nSPS) is 18.0. The Morgan fingerprint density at radius 1 is 0.963 bits per heavy atom. The van der Waals surface area contributed by atoms with Gasteiger partial charge in [-0.05, 0) is 111 Å². The molecule has 2 saturated heterocycles. The number of rotatable bonds is 11. The van der Waals surface area contributed by atoms with Gasteiger partial charge < -0.3 is 34.6 Å². The fourth-order valence-electron chi connectivity index (χ4n) is 8.15. The Kier molecular flexibility index (Phi) is 12.4. The molecule has 4 aromatic carbocycles. The van der Waals surface area contributed by atoms with Crippen LogP contribution in [0.5, 0.6) is 11.5 Å². The average molecular weight is 777 g/mol. The number of amides is 1. The highest BCUT2D eigenvalue weighted by Crippen LogP contribution is 2.41. The number of fused-ring (bicyclic) bond motifs is 1. The van der Waals surface area contributed by atoms with E-state index in [9.17, 15) is 9.18 Å². The molecule has 0 aliphatic carbocycles. The highest BCUT2D eigenvalue weighted by molar-refractivity contribution is 6.42. The Hall–Kier alpha value is -4.35. The molecule has 5 aromatic rings. The molecule has 0 radical (unpaired) electrons. The standard InChI is InChI=1S/C42H46Cl2FN5O3.H2O/c1-28-23-30(24-38(52-2)39(28)53-3)40(51)49-19-6-17-42(27-49,31-11-14-34(43)35(44)25-31)18-22-48-20-15-33(16-21-48)46-41-47-36-7-4-5-8-37(36)50(41)26-29-9-12-32(45)13-10-29;/h4-5,7-14,23-25,33H,6,15-22,26-27H2,1-3H3,(H,46,47);1H2. The Balaban J connectivity index is 0.00000497. The molecular weight excluding hydrogens is 728 g/mol. The van der Waals surface area contributed by atoms with Gasteiger partial charge >= 0.3 is 0 Å². The van der Waals surface area contributed by atoms with Crippen molar-refractivity contribution in [2.75, 3.05) is 52.3 Å². The van der Waals surface area contributed by atoms with Crippen LogP contribution in [-0.2, 0) is 12.0 Å². The third kappa shape index (κ3) is 8.32. The molecule has 3 heterocycles. The van der Waals surface area contributed by atoms with E-state index in [0.717, 1.165) is 85.4 Å². The minimum atomic E-state index is -0.284. The van der Waals surface area contributed by atoms with Crippen LogP contribution >= 0.6 is 23.2 Å². The third-order valence-electron chi connectivity index (χ3n) is 11.0. The van der Waals surface area contributed by atoms with Crippen molar-refractivity contribution in [2.45, 2.75) is 57.0 Å². The largest absolute Gasteiger partial charge is 0.493 e. The van der Waals surface area contributed by atoms with Crippen LogP contribution in [0.3, 0.4) is 0 Å². The van der Waals surface area contributed by atoms with Crippen LogP contribution < -0.4 is 14.8 Å². The highest BCUT2D eigenvalue weighted by atomic mass is 35.5. The summed E-state index contributed by atoms with van der Waals surface area (Å²) in [5.41, 5.74) is 5.27. The summed E-state index contributed by atoms with van der Waals surface area (Å²) >= 11 is 13.0. The van der Waals surface area contributed by atoms with Crippen molar-refractivity contribution in [3.63, 3.8) is 0 Å². The number of aryl methyl sites for hydroxylation is 1. The number of halogens is 3. The Morgan fingerprint density at radius 2 is 1.72 bits per heavy atom. The van der Waals surface area contributed by atoms with Crippen LogP contribution in [0.4, 0.5) is 10.3 Å². The molecule has 1 aromatic heterocycles. The molecular formula is C42H48Cl2FN5O4. The predicted molar refractivity (Wildman–Crippen MR) is 214 cm³/mol. The molecule has 7 rings (SSSR count). The van der Waals surface area contributed by atoms with Gasteiger partial charge in [-0.2, -0.15) is 0 Å². The van der Waals surface area contributed by atoms with Gasteiger partial charge in [0.1, 0.15) is 5.82 Å². The SMILES string of the molecule is COc1cc(C(=O)N2CCCC(CCN3CCC(Nc4nc5ccccc5n4Cc4ccc(F)cc4)CC3)(c3ccc(Cl)c(Cl)c3)C2)cc(C)c1OC.O. The summed E-state index contributed by atoms with van der Waals surface area (Å²) in [5, 5.41) is 4.81. The molecule has 1 unspecified atom stereocenters. The predicted octanol–water partition coefficient (Wildman–Crippen LogP) is 8.17. The number of methoxy groups -OCH3 is 2. The maximum atomic E-state index is 14.1. The molecule has 286 valence electrons. The number of anilines is 1. The fraction of sp³-hybridized carbons (Fsp3) is 0.381. The van der Waals surface area contributed by atoms with Crippen molar-refractivity contribution in [3.8, 4) is 11.5 Å². The first kappa shape index (κ1) is 39.3. The van der Waals surface area contributed by atoms with Crippen LogP contribution in [0.2, 0.25) is 10.0 Å². The van der Waals surface area contributed by atoms with Crippen molar-refractivity contribution in [1.82, 2.24) is 19.4 Å². The lowest BCUT2D eigenvalue weighted by Crippen LogP contribution is -2.50. The van der Waals surface area contributed by atoms with Gasteiger partial charge in [-0.15, -0.1) is 0 Å². The molecule has 0 bridgehead atoms. The van der Waals surface area contributed by atoms with E-state index in [-0.39, 0.29) is 28.7 Å². The van der Waals surface area contributed by atoms with Crippen LogP contribution in [-0.4, -0.2) is 83.7 Å². The topological polar surface area (TPSA) is 103 Å². The van der Waals surface area contributed by atoms with Gasteiger partial charge in [-0.3, -0.25) is 4.79 Å². The van der Waals surface area contributed by atoms with E-state index in [2.05, 4.69) is 26.9 Å². The first-order valence-corrected chi connectivity index (χ1v) is 19.1. The number of ether oxygens (including phenoxy) is 2. The zero-order valence-electron chi connectivity index (χ0n) is 31.0. The molecule has 3 N–H and O–H groups in total. The Morgan fingerprint density at radius 3 is 2.44 bits per heavy atom. The number of nitrogens with one attached hydrogen (secondary N) is 1. The van der Waals surface area contributed by atoms with Crippen molar-refractivity contribution < 1.29 is 24.1 Å². The minimum Gasteiger partial charge on any atom is -0.493 e. The lowest BCUT2D eigenvalue weighted by molar-refractivity contribution is 0.0607. The van der Waals surface area contributed by atoms with Gasteiger partial charge in [0.2, 0.25) is 5.95 Å². The van der Waals surface area contributed by atoms with E-state index in [1.54, 1.807) is 20.3 Å². The fourth-order valence-corrected chi connectivity index (χ4v) is 8.45. The van der Waals surface area contributed by atoms with E-state index in [1.807, 2.05) is 60.4 Å². The first-order valence-electron chi connectivity index (χ1n) is 18.3. The second kappa shape index (κ2) is 17.0. The van der Waals surface area contributed by atoms with Gasteiger partial charge in [0, 0.05) is 43.2 Å². The van der Waals surface area contributed by atoms with E-state index in [0.29, 0.717) is 46.7 Å². The smallest absolute Gasteiger partial charge is 0.254 e. The number of aromatic nitrogens is 2. The van der Waals surface area contributed by atoms with Gasteiger partial charge in [0.05, 0.1) is 41.8 Å². The van der Waals surface area contributed by atoms with Gasteiger partial charge in [0.25, 0.3) is 5.91 Å². The molecule has 2 fully saturated rings. The van der Waals surface area contributed by atoms with Crippen LogP contribution in [0.25, 0.3) is 11.0 Å². The molecule has 9 nitrogen and oxygen atoms in total. The number of benzene rings is 4. The average Bonchev–Trinajstić information content (AvgIpc) is 3.51. The van der Waals surface area contributed by atoms with Crippen LogP contribution in [0.1, 0.15) is 59.2 Å². The van der Waals surface area contributed by atoms with Crippen molar-refractivity contribution in [2.24, 2.45) is 0 Å². The van der Waals surface area contributed by atoms with Gasteiger partial charge in [-0.1, -0.05) is 53.5 Å². The lowest BCUT2D eigenvalue weighted by atomic mass is 9.71. The second-order valence-corrected chi connectivity index (χ2v) is 15.2. The number of para-hydroxylation sites is 2. The summed E-state index contributed by atoms with van der Waals surface area (Å²) in [6, 6.07) is 24.7. The van der Waals surface area contributed by atoms with Crippen molar-refractivity contribution >= 4 is 46.1 Å². The van der Waals surface area contributed by atoms with Gasteiger partial charge in [-0.25, -0.2) is 9.37 Å². The Bertz CT molecular complexity index is 2090. The molecule has 1 atom stereocenters. The second-order valence-electron chi connectivity index (χ2n) is 14.4. The van der Waals surface area contributed by atoms with E-state index in [1.165, 1.54) is 12.1 Å². The zero-order chi connectivity index (χ0) is 37.1. The number of hydrogen-bond donors (Lipinski definition) is 1. The monoisotopic (exact) mass is 775 g/mol. The van der Waals surface area contributed by atoms with Crippen molar-refractivity contribution in [1.29, 1.82) is 0 Å². The maximum Gasteiger partial charge on any atom is 0.254 e. The van der Waals surface area contributed by atoms with Crippen LogP contribution in [0.15, 0.2) is 78.9 Å². The Labute approximate surface area is 326 Å². The summed E-state index contributed by atoms with van der Waals surface area (Å²) in [7, 11) is 3.20. The maximum absolute atomic E-state index is 14.1. The molecule has 2 aliphatic rings. The summed E-state index contributed by atoms with van der Waals surface area (Å²) in [6.45, 7) is 6.58. The number of carbonyl (C=O) groups is 1. The summed E-state index contributed by atoms with van der Waals surface area (Å²) < 4.78 is 26.9. The summed E-state index contributed by atoms with van der Waals surface area (Å²) in [5.74, 6) is 1.76. The molecule has 0 spiro atoms. The zero-order valence-corrected chi connectivity index (χ0v) is 32.5. The molecule has 1 amide bonds. The number of piperidine rings is 2. The number of likely N-dealkylation sites (tertiary alicyclic amines) is 2. The highest BCUT2D eigenvalue weighted by Gasteiger charge is 2.40. The quantitative estimate of drug-likeness (QED) is 0.145. The lowest BCUT2D eigenvalue weighted by Gasteiger charge is -2.45.